The third-order valence-electron chi connectivity index (χ3n) is 4.04. The SMILES string of the molecule is O=C(CCc1ccccc1)N1CC[C@H](Nc2cccnc2)C1. The zero-order valence-corrected chi connectivity index (χ0v) is 12.6. The van der Waals surface area contributed by atoms with E-state index >= 15 is 0 Å². The van der Waals surface area contributed by atoms with Crippen LogP contribution in [0, 0.1) is 0 Å². The number of hydrogen-bond acceptors (Lipinski definition) is 3. The molecule has 0 aliphatic carbocycles. The molecule has 1 aromatic carbocycles. The second-order valence-corrected chi connectivity index (χ2v) is 5.70. The largest absolute Gasteiger partial charge is 0.379 e. The molecule has 1 aliphatic heterocycles. The summed E-state index contributed by atoms with van der Waals surface area (Å²) >= 11 is 0. The first-order valence-corrected chi connectivity index (χ1v) is 7.79. The first kappa shape index (κ1) is 14.6. The Morgan fingerprint density at radius 1 is 1.23 bits per heavy atom. The van der Waals surface area contributed by atoms with E-state index in [1.165, 1.54) is 5.56 Å². The van der Waals surface area contributed by atoms with Gasteiger partial charge < -0.3 is 10.2 Å². The summed E-state index contributed by atoms with van der Waals surface area (Å²) in [6.45, 7) is 1.62. The van der Waals surface area contributed by atoms with Crippen molar-refractivity contribution in [3.05, 3.63) is 60.4 Å². The summed E-state index contributed by atoms with van der Waals surface area (Å²) in [7, 11) is 0. The van der Waals surface area contributed by atoms with E-state index in [4.69, 9.17) is 0 Å². The van der Waals surface area contributed by atoms with Crippen molar-refractivity contribution in [1.29, 1.82) is 0 Å². The maximum atomic E-state index is 12.3. The quantitative estimate of drug-likeness (QED) is 0.922. The number of hydrogen-bond donors (Lipinski definition) is 1. The summed E-state index contributed by atoms with van der Waals surface area (Å²) in [6.07, 6.45) is 5.98. The second kappa shape index (κ2) is 7.07. The summed E-state index contributed by atoms with van der Waals surface area (Å²) in [5.74, 6) is 0.249. The average molecular weight is 295 g/mol. The van der Waals surface area contributed by atoms with Crippen molar-refractivity contribution in [2.24, 2.45) is 0 Å². The number of benzene rings is 1. The molecular formula is C18H21N3O. The predicted molar refractivity (Wildman–Crippen MR) is 87.6 cm³/mol. The number of carbonyl (C=O) groups is 1. The number of rotatable bonds is 5. The van der Waals surface area contributed by atoms with Crippen molar-refractivity contribution < 1.29 is 4.79 Å². The summed E-state index contributed by atoms with van der Waals surface area (Å²) in [5, 5.41) is 3.44. The van der Waals surface area contributed by atoms with Gasteiger partial charge in [0, 0.05) is 37.9 Å². The molecule has 1 N–H and O–H groups in total. The molecule has 3 rings (SSSR count). The Bertz CT molecular complexity index is 600. The van der Waals surface area contributed by atoms with Gasteiger partial charge in [-0.15, -0.1) is 0 Å². The molecule has 1 amide bonds. The lowest BCUT2D eigenvalue weighted by molar-refractivity contribution is -0.130. The van der Waals surface area contributed by atoms with Crippen LogP contribution in [0.15, 0.2) is 54.9 Å². The fraction of sp³-hybridized carbons (Fsp3) is 0.333. The number of aromatic nitrogens is 1. The lowest BCUT2D eigenvalue weighted by Gasteiger charge is -2.17. The Kier molecular flexibility index (Phi) is 4.68. The van der Waals surface area contributed by atoms with Gasteiger partial charge in [0.25, 0.3) is 0 Å². The summed E-state index contributed by atoms with van der Waals surface area (Å²) < 4.78 is 0. The molecule has 0 radical (unpaired) electrons. The Morgan fingerprint density at radius 2 is 2.09 bits per heavy atom. The van der Waals surface area contributed by atoms with Gasteiger partial charge in [-0.1, -0.05) is 30.3 Å². The molecule has 22 heavy (non-hydrogen) atoms. The second-order valence-electron chi connectivity index (χ2n) is 5.70. The zero-order valence-electron chi connectivity index (χ0n) is 12.6. The van der Waals surface area contributed by atoms with E-state index in [9.17, 15) is 4.79 Å². The third-order valence-corrected chi connectivity index (χ3v) is 4.04. The van der Waals surface area contributed by atoms with Crippen LogP contribution in [0.1, 0.15) is 18.4 Å². The van der Waals surface area contributed by atoms with Crippen LogP contribution >= 0.6 is 0 Å². The monoisotopic (exact) mass is 295 g/mol. The van der Waals surface area contributed by atoms with Gasteiger partial charge in [-0.25, -0.2) is 0 Å². The molecule has 4 nitrogen and oxygen atoms in total. The zero-order chi connectivity index (χ0) is 15.2. The van der Waals surface area contributed by atoms with Crippen LogP contribution in [0.2, 0.25) is 0 Å². The molecule has 0 unspecified atom stereocenters. The molecule has 0 spiro atoms. The minimum atomic E-state index is 0.249. The molecular weight excluding hydrogens is 274 g/mol. The van der Waals surface area contributed by atoms with E-state index in [1.807, 2.05) is 41.4 Å². The Labute approximate surface area is 131 Å². The molecule has 114 valence electrons. The maximum Gasteiger partial charge on any atom is 0.222 e. The van der Waals surface area contributed by atoms with Crippen molar-refractivity contribution in [3.8, 4) is 0 Å². The van der Waals surface area contributed by atoms with Crippen molar-refractivity contribution in [2.75, 3.05) is 18.4 Å². The fourth-order valence-electron chi connectivity index (χ4n) is 2.84. The molecule has 1 aliphatic rings. The number of nitrogens with one attached hydrogen (secondary N) is 1. The Hall–Kier alpha value is -2.36. The highest BCUT2D eigenvalue weighted by Gasteiger charge is 2.25. The highest BCUT2D eigenvalue weighted by Crippen LogP contribution is 2.16. The van der Waals surface area contributed by atoms with Crippen LogP contribution < -0.4 is 5.32 Å². The molecule has 1 fully saturated rings. The number of nitrogens with zero attached hydrogens (tertiary/aromatic N) is 2. The summed E-state index contributed by atoms with van der Waals surface area (Å²) in [5.41, 5.74) is 2.24. The van der Waals surface area contributed by atoms with Crippen LogP contribution in [0.5, 0.6) is 0 Å². The lowest BCUT2D eigenvalue weighted by Crippen LogP contribution is -2.31. The minimum Gasteiger partial charge on any atom is -0.379 e. The topological polar surface area (TPSA) is 45.2 Å². The van der Waals surface area contributed by atoms with Gasteiger partial charge in [-0.05, 0) is 30.5 Å². The van der Waals surface area contributed by atoms with E-state index in [-0.39, 0.29) is 5.91 Å². The standard InChI is InChI=1S/C18H21N3O/c22-18(9-8-15-5-2-1-3-6-15)21-12-10-17(14-21)20-16-7-4-11-19-13-16/h1-7,11,13,17,20H,8-10,12,14H2/t17-/m0/s1. The number of pyridine rings is 1. The maximum absolute atomic E-state index is 12.3. The van der Waals surface area contributed by atoms with Gasteiger partial charge in [0.1, 0.15) is 0 Å². The van der Waals surface area contributed by atoms with E-state index in [0.717, 1.165) is 31.6 Å². The third kappa shape index (κ3) is 3.85. The van der Waals surface area contributed by atoms with E-state index in [1.54, 1.807) is 6.20 Å². The van der Waals surface area contributed by atoms with Crippen LogP contribution in [0.4, 0.5) is 5.69 Å². The molecule has 1 saturated heterocycles. The molecule has 4 heteroatoms. The molecule has 1 atom stereocenters. The van der Waals surface area contributed by atoms with Gasteiger partial charge in [-0.3, -0.25) is 9.78 Å². The van der Waals surface area contributed by atoms with Gasteiger partial charge in [0.2, 0.25) is 5.91 Å². The minimum absolute atomic E-state index is 0.249. The van der Waals surface area contributed by atoms with E-state index in [0.29, 0.717) is 12.5 Å². The predicted octanol–water partition coefficient (Wildman–Crippen LogP) is 2.73. The van der Waals surface area contributed by atoms with Crippen molar-refractivity contribution in [2.45, 2.75) is 25.3 Å². The number of amides is 1. The van der Waals surface area contributed by atoms with Crippen molar-refractivity contribution in [3.63, 3.8) is 0 Å². The summed E-state index contributed by atoms with van der Waals surface area (Å²) in [4.78, 5) is 18.4. The molecule has 0 saturated carbocycles. The van der Waals surface area contributed by atoms with Gasteiger partial charge in [0.15, 0.2) is 0 Å². The van der Waals surface area contributed by atoms with Crippen LogP contribution in [-0.2, 0) is 11.2 Å². The Balaban J connectivity index is 1.46. The molecule has 2 heterocycles. The van der Waals surface area contributed by atoms with Gasteiger partial charge in [0.05, 0.1) is 5.69 Å². The number of aryl methyl sites for hydroxylation is 1. The first-order chi connectivity index (χ1) is 10.8. The molecule has 2 aromatic rings. The van der Waals surface area contributed by atoms with E-state index in [2.05, 4.69) is 22.4 Å². The summed E-state index contributed by atoms with van der Waals surface area (Å²) in [6, 6.07) is 14.4. The van der Waals surface area contributed by atoms with Crippen molar-refractivity contribution >= 4 is 11.6 Å². The van der Waals surface area contributed by atoms with Crippen molar-refractivity contribution in [1.82, 2.24) is 9.88 Å². The first-order valence-electron chi connectivity index (χ1n) is 7.79. The average Bonchev–Trinajstić information content (AvgIpc) is 3.03. The fourth-order valence-corrected chi connectivity index (χ4v) is 2.84. The van der Waals surface area contributed by atoms with Crippen LogP contribution in [-0.4, -0.2) is 34.9 Å². The van der Waals surface area contributed by atoms with Crippen LogP contribution in [0.3, 0.4) is 0 Å². The number of carbonyl (C=O) groups excluding carboxylic acids is 1. The molecule has 1 aromatic heterocycles. The van der Waals surface area contributed by atoms with Gasteiger partial charge >= 0.3 is 0 Å². The highest BCUT2D eigenvalue weighted by atomic mass is 16.2. The lowest BCUT2D eigenvalue weighted by atomic mass is 10.1. The Morgan fingerprint density at radius 3 is 2.86 bits per heavy atom. The molecule has 0 bridgehead atoms. The van der Waals surface area contributed by atoms with Crippen LogP contribution in [0.25, 0.3) is 0 Å². The number of likely N-dealkylation sites (tertiary alicyclic amines) is 1. The highest BCUT2D eigenvalue weighted by molar-refractivity contribution is 5.77. The number of anilines is 1. The normalized spacial score (nSPS) is 17.5. The van der Waals surface area contributed by atoms with E-state index < -0.39 is 0 Å². The smallest absolute Gasteiger partial charge is 0.222 e. The van der Waals surface area contributed by atoms with Gasteiger partial charge in [-0.2, -0.15) is 0 Å².